The zero-order valence-corrected chi connectivity index (χ0v) is 9.78. The van der Waals surface area contributed by atoms with Crippen LogP contribution < -0.4 is 5.73 Å². The van der Waals surface area contributed by atoms with E-state index >= 15 is 0 Å². The summed E-state index contributed by atoms with van der Waals surface area (Å²) < 4.78 is 5.64. The number of nitrogens with two attached hydrogens (primary N) is 1. The van der Waals surface area contributed by atoms with Gasteiger partial charge in [-0.15, -0.1) is 0 Å². The summed E-state index contributed by atoms with van der Waals surface area (Å²) in [5.41, 5.74) is 8.59. The lowest BCUT2D eigenvalue weighted by atomic mass is 10.1. The van der Waals surface area contributed by atoms with Gasteiger partial charge in [-0.1, -0.05) is 18.2 Å². The maximum absolute atomic E-state index is 6.09. The summed E-state index contributed by atoms with van der Waals surface area (Å²) in [7, 11) is 0. The van der Waals surface area contributed by atoms with E-state index in [1.54, 1.807) is 6.20 Å². The second kappa shape index (κ2) is 4.58. The van der Waals surface area contributed by atoms with Gasteiger partial charge < -0.3 is 10.2 Å². The lowest BCUT2D eigenvalue weighted by Crippen LogP contribution is -2.14. The van der Waals surface area contributed by atoms with E-state index in [0.717, 1.165) is 16.8 Å². The summed E-state index contributed by atoms with van der Waals surface area (Å²) in [6.07, 6.45) is 2.28. The zero-order chi connectivity index (χ0) is 12.4. The van der Waals surface area contributed by atoms with E-state index in [2.05, 4.69) is 9.97 Å². The normalized spacial score (nSPS) is 12.7. The molecule has 4 heteroatoms. The Morgan fingerprint density at radius 3 is 2.72 bits per heavy atom. The van der Waals surface area contributed by atoms with E-state index in [4.69, 9.17) is 10.2 Å². The summed E-state index contributed by atoms with van der Waals surface area (Å²) in [6.45, 7) is 0. The predicted molar refractivity (Wildman–Crippen MR) is 68.9 cm³/mol. The number of oxazole rings is 1. The quantitative estimate of drug-likeness (QED) is 0.762. The van der Waals surface area contributed by atoms with Gasteiger partial charge in [0.25, 0.3) is 0 Å². The van der Waals surface area contributed by atoms with Crippen molar-refractivity contribution in [2.75, 3.05) is 0 Å². The molecule has 1 aromatic carbocycles. The van der Waals surface area contributed by atoms with Crippen molar-refractivity contribution in [2.45, 2.75) is 12.5 Å². The molecular formula is C14H13N3O. The van der Waals surface area contributed by atoms with Crippen LogP contribution in [-0.4, -0.2) is 9.97 Å². The third kappa shape index (κ3) is 2.10. The standard InChI is InChI=1S/C14H13N3O/c15-10(11-5-3-4-8-16-11)9-14-17-12-6-1-2-7-13(12)18-14/h1-8,10H,9,15H2. The highest BCUT2D eigenvalue weighted by Gasteiger charge is 2.12. The van der Waals surface area contributed by atoms with E-state index in [9.17, 15) is 0 Å². The minimum absolute atomic E-state index is 0.195. The molecule has 2 heterocycles. The smallest absolute Gasteiger partial charge is 0.197 e. The molecule has 1 atom stereocenters. The second-order valence-electron chi connectivity index (χ2n) is 4.14. The Labute approximate surface area is 104 Å². The van der Waals surface area contributed by atoms with Gasteiger partial charge in [0.05, 0.1) is 11.7 Å². The highest BCUT2D eigenvalue weighted by Crippen LogP contribution is 2.18. The highest BCUT2D eigenvalue weighted by molar-refractivity contribution is 5.72. The Kier molecular flexibility index (Phi) is 2.78. The van der Waals surface area contributed by atoms with Crippen molar-refractivity contribution in [3.63, 3.8) is 0 Å². The molecule has 3 rings (SSSR count). The molecule has 0 aliphatic carbocycles. The van der Waals surface area contributed by atoms with E-state index in [1.807, 2.05) is 42.5 Å². The minimum Gasteiger partial charge on any atom is -0.441 e. The van der Waals surface area contributed by atoms with Gasteiger partial charge in [-0.25, -0.2) is 4.98 Å². The summed E-state index contributed by atoms with van der Waals surface area (Å²) in [5, 5.41) is 0. The third-order valence-corrected chi connectivity index (χ3v) is 2.80. The van der Waals surface area contributed by atoms with Gasteiger partial charge in [-0.05, 0) is 24.3 Å². The van der Waals surface area contributed by atoms with Crippen LogP contribution in [0.1, 0.15) is 17.6 Å². The minimum atomic E-state index is -0.195. The summed E-state index contributed by atoms with van der Waals surface area (Å²) >= 11 is 0. The van der Waals surface area contributed by atoms with Crippen LogP contribution in [0.3, 0.4) is 0 Å². The number of para-hydroxylation sites is 2. The number of hydrogen-bond donors (Lipinski definition) is 1. The Hall–Kier alpha value is -2.20. The molecule has 0 bridgehead atoms. The van der Waals surface area contributed by atoms with Crippen molar-refractivity contribution >= 4 is 11.1 Å². The average Bonchev–Trinajstić information content (AvgIpc) is 2.82. The van der Waals surface area contributed by atoms with Gasteiger partial charge in [0.1, 0.15) is 5.52 Å². The summed E-state index contributed by atoms with van der Waals surface area (Å²) in [4.78, 5) is 8.64. The summed E-state index contributed by atoms with van der Waals surface area (Å²) in [5.74, 6) is 0.648. The first kappa shape index (κ1) is 10.9. The molecule has 0 amide bonds. The monoisotopic (exact) mass is 239 g/mol. The zero-order valence-electron chi connectivity index (χ0n) is 9.78. The average molecular weight is 239 g/mol. The van der Waals surface area contributed by atoms with Crippen molar-refractivity contribution in [2.24, 2.45) is 5.73 Å². The fourth-order valence-corrected chi connectivity index (χ4v) is 1.90. The van der Waals surface area contributed by atoms with Crippen LogP contribution in [0.15, 0.2) is 53.1 Å². The van der Waals surface area contributed by atoms with Crippen LogP contribution in [0.4, 0.5) is 0 Å². The van der Waals surface area contributed by atoms with Crippen molar-refractivity contribution in [3.8, 4) is 0 Å². The van der Waals surface area contributed by atoms with Crippen molar-refractivity contribution in [3.05, 3.63) is 60.2 Å². The molecule has 1 unspecified atom stereocenters. The molecule has 2 N–H and O–H groups in total. The molecule has 0 saturated carbocycles. The summed E-state index contributed by atoms with van der Waals surface area (Å²) in [6, 6.07) is 13.2. The Morgan fingerprint density at radius 1 is 1.11 bits per heavy atom. The highest BCUT2D eigenvalue weighted by atomic mass is 16.3. The molecule has 0 saturated heterocycles. The SMILES string of the molecule is NC(Cc1nc2ccccc2o1)c1ccccn1. The first-order valence-corrected chi connectivity index (χ1v) is 5.84. The van der Waals surface area contributed by atoms with Crippen LogP contribution >= 0.6 is 0 Å². The van der Waals surface area contributed by atoms with Crippen molar-refractivity contribution < 1.29 is 4.42 Å². The largest absolute Gasteiger partial charge is 0.441 e. The first-order valence-electron chi connectivity index (χ1n) is 5.84. The molecule has 0 radical (unpaired) electrons. The fourth-order valence-electron chi connectivity index (χ4n) is 1.90. The molecule has 0 fully saturated rings. The van der Waals surface area contributed by atoms with Gasteiger partial charge >= 0.3 is 0 Å². The number of nitrogens with zero attached hydrogens (tertiary/aromatic N) is 2. The van der Waals surface area contributed by atoms with Crippen LogP contribution in [0, 0.1) is 0 Å². The van der Waals surface area contributed by atoms with Crippen LogP contribution in [0.25, 0.3) is 11.1 Å². The van der Waals surface area contributed by atoms with E-state index in [0.29, 0.717) is 12.3 Å². The van der Waals surface area contributed by atoms with Crippen molar-refractivity contribution in [1.82, 2.24) is 9.97 Å². The Balaban J connectivity index is 1.84. The lowest BCUT2D eigenvalue weighted by molar-refractivity contribution is 0.499. The van der Waals surface area contributed by atoms with Crippen LogP contribution in [0.2, 0.25) is 0 Å². The molecule has 0 aliphatic heterocycles. The molecule has 3 aromatic rings. The lowest BCUT2D eigenvalue weighted by Gasteiger charge is -2.07. The number of hydrogen-bond acceptors (Lipinski definition) is 4. The van der Waals surface area contributed by atoms with Gasteiger partial charge in [0.2, 0.25) is 0 Å². The second-order valence-corrected chi connectivity index (χ2v) is 4.14. The number of pyridine rings is 1. The maximum atomic E-state index is 6.09. The van der Waals surface area contributed by atoms with E-state index in [-0.39, 0.29) is 6.04 Å². The van der Waals surface area contributed by atoms with Crippen LogP contribution in [0.5, 0.6) is 0 Å². The van der Waals surface area contributed by atoms with Crippen LogP contribution in [-0.2, 0) is 6.42 Å². The maximum Gasteiger partial charge on any atom is 0.197 e. The van der Waals surface area contributed by atoms with E-state index < -0.39 is 0 Å². The Bertz CT molecular complexity index is 615. The Morgan fingerprint density at radius 2 is 1.94 bits per heavy atom. The predicted octanol–water partition coefficient (Wildman–Crippen LogP) is 2.47. The number of benzene rings is 1. The number of aromatic nitrogens is 2. The van der Waals surface area contributed by atoms with Gasteiger partial charge in [-0.3, -0.25) is 4.98 Å². The third-order valence-electron chi connectivity index (χ3n) is 2.80. The van der Waals surface area contributed by atoms with E-state index in [1.165, 1.54) is 0 Å². The van der Waals surface area contributed by atoms with Gasteiger partial charge in [-0.2, -0.15) is 0 Å². The molecule has 0 aliphatic rings. The molecular weight excluding hydrogens is 226 g/mol. The molecule has 0 spiro atoms. The molecule has 2 aromatic heterocycles. The topological polar surface area (TPSA) is 64.9 Å². The molecule has 18 heavy (non-hydrogen) atoms. The fraction of sp³-hybridized carbons (Fsp3) is 0.143. The van der Waals surface area contributed by atoms with Gasteiger partial charge in [0, 0.05) is 12.6 Å². The molecule has 90 valence electrons. The molecule has 4 nitrogen and oxygen atoms in total. The first-order chi connectivity index (χ1) is 8.83. The van der Waals surface area contributed by atoms with Gasteiger partial charge in [0.15, 0.2) is 11.5 Å². The number of rotatable bonds is 3. The number of fused-ring (bicyclic) bond motifs is 1. The van der Waals surface area contributed by atoms with Crippen molar-refractivity contribution in [1.29, 1.82) is 0 Å².